The summed E-state index contributed by atoms with van der Waals surface area (Å²) in [5, 5.41) is 5.43. The highest BCUT2D eigenvalue weighted by molar-refractivity contribution is 5.89. The highest BCUT2D eigenvalue weighted by Crippen LogP contribution is 2.23. The summed E-state index contributed by atoms with van der Waals surface area (Å²) in [6.45, 7) is 1.10. The molecule has 0 unspecified atom stereocenters. The molecule has 6 heteroatoms. The maximum atomic E-state index is 12.1. The van der Waals surface area contributed by atoms with Crippen molar-refractivity contribution in [3.8, 4) is 5.75 Å². The van der Waals surface area contributed by atoms with Gasteiger partial charge in [0.1, 0.15) is 12.4 Å². The van der Waals surface area contributed by atoms with Gasteiger partial charge in [0.15, 0.2) is 0 Å². The number of benzene rings is 1. The van der Waals surface area contributed by atoms with Crippen LogP contribution in [0.3, 0.4) is 0 Å². The molecule has 0 radical (unpaired) electrons. The number of nitrogens with one attached hydrogen (secondary N) is 2. The van der Waals surface area contributed by atoms with Gasteiger partial charge in [0.2, 0.25) is 0 Å². The summed E-state index contributed by atoms with van der Waals surface area (Å²) in [5.74, 6) is 0.351. The molecule has 0 aliphatic heterocycles. The largest absolute Gasteiger partial charge is 0.487 e. The number of hydrogen-bond acceptors (Lipinski definition) is 2. The number of anilines is 1. The Morgan fingerprint density at radius 1 is 1.47 bits per heavy atom. The Hall–Kier alpha value is -1.85. The minimum Gasteiger partial charge on any atom is -0.487 e. The van der Waals surface area contributed by atoms with Gasteiger partial charge in [-0.05, 0) is 31.4 Å². The van der Waals surface area contributed by atoms with E-state index in [1.807, 2.05) is 0 Å². The lowest BCUT2D eigenvalue weighted by molar-refractivity contribution is 0.0816. The lowest BCUT2D eigenvalue weighted by Gasteiger charge is -2.12. The predicted octanol–water partition coefficient (Wildman–Crippen LogP) is 2.92. The minimum atomic E-state index is -2.52. The van der Waals surface area contributed by atoms with Crippen molar-refractivity contribution in [1.29, 1.82) is 0 Å². The number of urea groups is 1. The van der Waals surface area contributed by atoms with Crippen LogP contribution >= 0.6 is 0 Å². The highest BCUT2D eigenvalue weighted by Gasteiger charge is 2.23. The number of ether oxygens (including phenoxy) is 1. The molecule has 104 valence electrons. The summed E-state index contributed by atoms with van der Waals surface area (Å²) in [6, 6.07) is 4.94. The van der Waals surface area contributed by atoms with Crippen molar-refractivity contribution < 1.29 is 18.3 Å². The van der Waals surface area contributed by atoms with Crippen molar-refractivity contribution >= 4 is 11.7 Å². The fraction of sp³-hybridized carbons (Fsp3) is 0.462. The lowest BCUT2D eigenvalue weighted by Crippen LogP contribution is -2.30. The summed E-state index contributed by atoms with van der Waals surface area (Å²) in [7, 11) is 0. The van der Waals surface area contributed by atoms with Crippen LogP contribution in [0.25, 0.3) is 0 Å². The molecule has 1 aliphatic carbocycles. The van der Waals surface area contributed by atoms with Crippen molar-refractivity contribution in [1.82, 2.24) is 5.32 Å². The van der Waals surface area contributed by atoms with Crippen LogP contribution in [-0.2, 0) is 0 Å². The Labute approximate surface area is 110 Å². The first-order chi connectivity index (χ1) is 9.04. The van der Waals surface area contributed by atoms with Crippen LogP contribution in [0.4, 0.5) is 19.3 Å². The van der Waals surface area contributed by atoms with Gasteiger partial charge in [0.05, 0.1) is 0 Å². The van der Waals surface area contributed by atoms with Crippen molar-refractivity contribution in [2.75, 3.05) is 11.9 Å². The molecule has 0 bridgehead atoms. The third kappa shape index (κ3) is 4.39. The van der Waals surface area contributed by atoms with Crippen LogP contribution in [0, 0.1) is 6.92 Å². The van der Waals surface area contributed by atoms with Crippen LogP contribution in [0.15, 0.2) is 18.2 Å². The number of aryl methyl sites for hydroxylation is 1. The molecule has 0 saturated heterocycles. The Kier molecular flexibility index (Phi) is 4.19. The van der Waals surface area contributed by atoms with Crippen molar-refractivity contribution in [3.05, 3.63) is 23.8 Å². The topological polar surface area (TPSA) is 50.4 Å². The standard InChI is InChI=1S/C13H16F2N2O2/c1-8-2-3-10(6-11(8)19-7-12(14)15)17-13(18)16-9-4-5-9/h2-3,6,9,12H,4-5,7H2,1H3,(H2,16,17,18). The summed E-state index contributed by atoms with van der Waals surface area (Å²) >= 11 is 0. The average Bonchev–Trinajstić information content (AvgIpc) is 3.13. The Balaban J connectivity index is 1.96. The van der Waals surface area contributed by atoms with Crippen molar-refractivity contribution in [2.24, 2.45) is 0 Å². The first-order valence-corrected chi connectivity index (χ1v) is 6.13. The summed E-state index contributed by atoms with van der Waals surface area (Å²) < 4.78 is 29.2. The van der Waals surface area contributed by atoms with E-state index in [9.17, 15) is 13.6 Å². The number of hydrogen-bond donors (Lipinski definition) is 2. The Morgan fingerprint density at radius 3 is 2.84 bits per heavy atom. The number of carbonyl (C=O) groups excluding carboxylic acids is 1. The summed E-state index contributed by atoms with van der Waals surface area (Å²) in [5.41, 5.74) is 1.27. The normalized spacial score (nSPS) is 14.3. The van der Waals surface area contributed by atoms with Crippen molar-refractivity contribution in [2.45, 2.75) is 32.2 Å². The van der Waals surface area contributed by atoms with E-state index in [1.165, 1.54) is 0 Å². The molecule has 1 saturated carbocycles. The number of carbonyl (C=O) groups is 1. The quantitative estimate of drug-likeness (QED) is 0.864. The molecule has 1 aromatic carbocycles. The molecule has 4 nitrogen and oxygen atoms in total. The van der Waals surface area contributed by atoms with Crippen LogP contribution < -0.4 is 15.4 Å². The Bertz CT molecular complexity index is 462. The van der Waals surface area contributed by atoms with Gasteiger partial charge in [-0.2, -0.15) is 0 Å². The molecule has 19 heavy (non-hydrogen) atoms. The molecule has 2 amide bonds. The van der Waals surface area contributed by atoms with Crippen LogP contribution in [0.5, 0.6) is 5.75 Å². The van der Waals surface area contributed by atoms with Gasteiger partial charge in [-0.1, -0.05) is 6.07 Å². The zero-order chi connectivity index (χ0) is 13.8. The second-order valence-corrected chi connectivity index (χ2v) is 4.56. The zero-order valence-corrected chi connectivity index (χ0v) is 10.6. The molecule has 0 heterocycles. The third-order valence-electron chi connectivity index (χ3n) is 2.72. The minimum absolute atomic E-state index is 0.264. The third-order valence-corrected chi connectivity index (χ3v) is 2.72. The van der Waals surface area contributed by atoms with Crippen LogP contribution in [0.1, 0.15) is 18.4 Å². The van der Waals surface area contributed by atoms with Gasteiger partial charge in [-0.3, -0.25) is 0 Å². The van der Waals surface area contributed by atoms with E-state index in [1.54, 1.807) is 25.1 Å². The van der Waals surface area contributed by atoms with Crippen LogP contribution in [0.2, 0.25) is 0 Å². The molecular formula is C13H16F2N2O2. The second-order valence-electron chi connectivity index (χ2n) is 4.56. The van der Waals surface area contributed by atoms with E-state index in [0.29, 0.717) is 11.4 Å². The summed E-state index contributed by atoms with van der Waals surface area (Å²) in [6.07, 6.45) is -0.511. The Morgan fingerprint density at radius 2 is 2.21 bits per heavy atom. The zero-order valence-electron chi connectivity index (χ0n) is 10.6. The maximum absolute atomic E-state index is 12.1. The fourth-order valence-corrected chi connectivity index (χ4v) is 1.57. The SMILES string of the molecule is Cc1ccc(NC(=O)NC2CC2)cc1OCC(F)F. The first-order valence-electron chi connectivity index (χ1n) is 6.13. The van der Waals surface area contributed by atoms with Gasteiger partial charge in [0.25, 0.3) is 6.43 Å². The van der Waals surface area contributed by atoms with Gasteiger partial charge < -0.3 is 15.4 Å². The van der Waals surface area contributed by atoms with E-state index in [4.69, 9.17) is 4.74 Å². The molecule has 0 atom stereocenters. The van der Waals surface area contributed by atoms with Gasteiger partial charge in [0, 0.05) is 17.8 Å². The maximum Gasteiger partial charge on any atom is 0.319 e. The van der Waals surface area contributed by atoms with Gasteiger partial charge in [-0.25, -0.2) is 13.6 Å². The van der Waals surface area contributed by atoms with E-state index in [-0.39, 0.29) is 12.1 Å². The second kappa shape index (κ2) is 5.86. The fourth-order valence-electron chi connectivity index (χ4n) is 1.57. The number of rotatable bonds is 5. The van der Waals surface area contributed by atoms with Gasteiger partial charge in [-0.15, -0.1) is 0 Å². The lowest BCUT2D eigenvalue weighted by atomic mass is 10.2. The molecule has 0 aromatic heterocycles. The average molecular weight is 270 g/mol. The molecule has 2 N–H and O–H groups in total. The molecule has 1 aliphatic rings. The highest BCUT2D eigenvalue weighted by atomic mass is 19.3. The van der Waals surface area contributed by atoms with E-state index in [0.717, 1.165) is 18.4 Å². The van der Waals surface area contributed by atoms with Gasteiger partial charge >= 0.3 is 6.03 Å². The number of halogens is 2. The van der Waals surface area contributed by atoms with E-state index < -0.39 is 13.0 Å². The summed E-state index contributed by atoms with van der Waals surface area (Å²) in [4.78, 5) is 11.5. The number of amides is 2. The molecular weight excluding hydrogens is 254 g/mol. The smallest absolute Gasteiger partial charge is 0.319 e. The van der Waals surface area contributed by atoms with E-state index in [2.05, 4.69) is 10.6 Å². The molecule has 1 aromatic rings. The number of alkyl halides is 2. The van der Waals surface area contributed by atoms with E-state index >= 15 is 0 Å². The van der Waals surface area contributed by atoms with Crippen molar-refractivity contribution in [3.63, 3.8) is 0 Å². The monoisotopic (exact) mass is 270 g/mol. The molecule has 1 fully saturated rings. The predicted molar refractivity (Wildman–Crippen MR) is 67.9 cm³/mol. The first kappa shape index (κ1) is 13.6. The van der Waals surface area contributed by atoms with Crippen LogP contribution in [-0.4, -0.2) is 25.1 Å². The molecule has 2 rings (SSSR count). The molecule has 0 spiro atoms.